The molecule has 4 heteroatoms. The summed E-state index contributed by atoms with van der Waals surface area (Å²) in [5.41, 5.74) is 2.06. The Morgan fingerprint density at radius 3 is 2.71 bits per heavy atom. The zero-order valence-electron chi connectivity index (χ0n) is 12.1. The predicted molar refractivity (Wildman–Crippen MR) is 83.6 cm³/mol. The summed E-state index contributed by atoms with van der Waals surface area (Å²) in [7, 11) is 0. The van der Waals surface area contributed by atoms with Crippen LogP contribution in [0.4, 0.5) is 15.8 Å². The summed E-state index contributed by atoms with van der Waals surface area (Å²) in [6, 6.07) is 14.6. The van der Waals surface area contributed by atoms with Crippen LogP contribution in [0.1, 0.15) is 6.92 Å². The molecule has 110 valence electrons. The number of para-hydroxylation sites is 2. The van der Waals surface area contributed by atoms with E-state index in [1.807, 2.05) is 36.4 Å². The van der Waals surface area contributed by atoms with Gasteiger partial charge < -0.3 is 15.0 Å². The smallest absolute Gasteiger partial charge is 0.143 e. The number of nitrogens with zero attached hydrogens (tertiary/aromatic N) is 1. The number of hydrogen-bond acceptors (Lipinski definition) is 3. The van der Waals surface area contributed by atoms with E-state index in [1.54, 1.807) is 0 Å². The van der Waals surface area contributed by atoms with Gasteiger partial charge in [0.15, 0.2) is 0 Å². The zero-order valence-corrected chi connectivity index (χ0v) is 12.1. The lowest BCUT2D eigenvalue weighted by molar-refractivity contribution is 0.211. The molecule has 1 aliphatic heterocycles. The van der Waals surface area contributed by atoms with Gasteiger partial charge in [-0.15, -0.1) is 0 Å². The van der Waals surface area contributed by atoms with Gasteiger partial charge in [-0.25, -0.2) is 4.39 Å². The van der Waals surface area contributed by atoms with Gasteiger partial charge in [0.05, 0.1) is 18.8 Å². The lowest BCUT2D eigenvalue weighted by atomic mass is 10.2. The Hall–Kier alpha value is -2.23. The third-order valence-electron chi connectivity index (χ3n) is 3.70. The van der Waals surface area contributed by atoms with Gasteiger partial charge in [0.2, 0.25) is 0 Å². The van der Waals surface area contributed by atoms with Crippen LogP contribution >= 0.6 is 0 Å². The van der Waals surface area contributed by atoms with Crippen LogP contribution in [-0.2, 0) is 0 Å². The van der Waals surface area contributed by atoms with Crippen molar-refractivity contribution >= 4 is 11.4 Å². The van der Waals surface area contributed by atoms with Gasteiger partial charge in [-0.05, 0) is 43.3 Å². The monoisotopic (exact) mass is 286 g/mol. The van der Waals surface area contributed by atoms with Crippen molar-refractivity contribution in [3.05, 3.63) is 54.3 Å². The van der Waals surface area contributed by atoms with E-state index in [1.165, 1.54) is 12.1 Å². The van der Waals surface area contributed by atoms with Crippen LogP contribution in [0, 0.1) is 5.82 Å². The van der Waals surface area contributed by atoms with E-state index in [2.05, 4.69) is 17.1 Å². The Bertz CT molecular complexity index is 600. The number of rotatable bonds is 4. The Kier molecular flexibility index (Phi) is 3.95. The summed E-state index contributed by atoms with van der Waals surface area (Å²) in [6.07, 6.45) is 0.0740. The summed E-state index contributed by atoms with van der Waals surface area (Å²) >= 11 is 0. The molecular formula is C17H19FN2O. The minimum Gasteiger partial charge on any atom is -0.485 e. The number of ether oxygens (including phenoxy) is 1. The molecule has 0 bridgehead atoms. The fourth-order valence-electron chi connectivity index (χ4n) is 2.58. The number of benzene rings is 2. The highest BCUT2D eigenvalue weighted by Gasteiger charge is 2.21. The van der Waals surface area contributed by atoms with Crippen LogP contribution in [0.5, 0.6) is 5.75 Å². The highest BCUT2D eigenvalue weighted by atomic mass is 19.1. The van der Waals surface area contributed by atoms with E-state index in [-0.39, 0.29) is 11.9 Å². The van der Waals surface area contributed by atoms with E-state index >= 15 is 0 Å². The fourth-order valence-corrected chi connectivity index (χ4v) is 2.58. The molecule has 0 spiro atoms. The number of halogens is 1. The van der Waals surface area contributed by atoms with Crippen molar-refractivity contribution in [2.45, 2.75) is 13.0 Å². The molecule has 0 saturated heterocycles. The maximum absolute atomic E-state index is 13.0. The van der Waals surface area contributed by atoms with Crippen molar-refractivity contribution in [3.63, 3.8) is 0 Å². The van der Waals surface area contributed by atoms with Gasteiger partial charge >= 0.3 is 0 Å². The lowest BCUT2D eigenvalue weighted by Gasteiger charge is -2.32. The second kappa shape index (κ2) is 6.04. The topological polar surface area (TPSA) is 24.5 Å². The first-order valence-electron chi connectivity index (χ1n) is 7.26. The minimum absolute atomic E-state index is 0.0740. The van der Waals surface area contributed by atoms with Crippen molar-refractivity contribution in [2.24, 2.45) is 0 Å². The first-order valence-corrected chi connectivity index (χ1v) is 7.26. The second-order valence-electron chi connectivity index (χ2n) is 5.13. The molecule has 0 fully saturated rings. The highest BCUT2D eigenvalue weighted by Crippen LogP contribution is 2.28. The zero-order chi connectivity index (χ0) is 14.7. The second-order valence-corrected chi connectivity index (χ2v) is 5.13. The van der Waals surface area contributed by atoms with Crippen LogP contribution in [0.25, 0.3) is 0 Å². The molecule has 1 N–H and O–H groups in total. The molecule has 1 unspecified atom stereocenters. The molecule has 0 amide bonds. The Morgan fingerprint density at radius 2 is 1.95 bits per heavy atom. The largest absolute Gasteiger partial charge is 0.485 e. The predicted octanol–water partition coefficient (Wildman–Crippen LogP) is 3.53. The summed E-state index contributed by atoms with van der Waals surface area (Å²) in [5, 5.41) is 3.39. The number of nitrogens with one attached hydrogen (secondary N) is 1. The molecule has 2 aromatic rings. The van der Waals surface area contributed by atoms with E-state index in [0.717, 1.165) is 36.8 Å². The maximum Gasteiger partial charge on any atom is 0.143 e. The molecule has 3 nitrogen and oxygen atoms in total. The van der Waals surface area contributed by atoms with Crippen LogP contribution in [-0.4, -0.2) is 25.7 Å². The van der Waals surface area contributed by atoms with Gasteiger partial charge in [-0.1, -0.05) is 12.1 Å². The molecule has 1 atom stereocenters. The Morgan fingerprint density at radius 1 is 1.19 bits per heavy atom. The molecule has 1 heterocycles. The van der Waals surface area contributed by atoms with Crippen LogP contribution in [0.15, 0.2) is 48.5 Å². The van der Waals surface area contributed by atoms with Crippen molar-refractivity contribution < 1.29 is 9.13 Å². The number of anilines is 2. The minimum atomic E-state index is -0.209. The van der Waals surface area contributed by atoms with Crippen molar-refractivity contribution in [1.29, 1.82) is 0 Å². The number of hydrogen-bond donors (Lipinski definition) is 1. The summed E-state index contributed by atoms with van der Waals surface area (Å²) < 4.78 is 19.1. The van der Waals surface area contributed by atoms with Gasteiger partial charge in [0, 0.05) is 12.2 Å². The van der Waals surface area contributed by atoms with Crippen molar-refractivity contribution in [2.75, 3.05) is 29.9 Å². The Balaban J connectivity index is 1.69. The average Bonchev–Trinajstić information content (AvgIpc) is 2.53. The first kappa shape index (κ1) is 13.7. The van der Waals surface area contributed by atoms with Crippen molar-refractivity contribution in [3.8, 4) is 5.75 Å². The average molecular weight is 286 g/mol. The summed E-state index contributed by atoms with van der Waals surface area (Å²) in [4.78, 5) is 2.19. The van der Waals surface area contributed by atoms with E-state index in [0.29, 0.717) is 0 Å². The standard InChI is InChI=1S/C17H19FN2O/c1-2-20(14-9-7-13(18)8-10-14)12-15-11-19-16-5-3-4-6-17(16)21-15/h3-10,15,19H,2,11-12H2,1H3. The van der Waals surface area contributed by atoms with Gasteiger partial charge in [-0.3, -0.25) is 0 Å². The molecular weight excluding hydrogens is 267 g/mol. The number of likely N-dealkylation sites (N-methyl/N-ethyl adjacent to an activating group) is 1. The van der Waals surface area contributed by atoms with E-state index in [4.69, 9.17) is 4.74 Å². The molecule has 21 heavy (non-hydrogen) atoms. The van der Waals surface area contributed by atoms with E-state index < -0.39 is 0 Å². The molecule has 1 aliphatic rings. The van der Waals surface area contributed by atoms with E-state index in [9.17, 15) is 4.39 Å². The normalized spacial score (nSPS) is 16.6. The molecule has 0 aromatic heterocycles. The lowest BCUT2D eigenvalue weighted by Crippen LogP contribution is -2.41. The molecule has 0 saturated carbocycles. The fraction of sp³-hybridized carbons (Fsp3) is 0.294. The first-order chi connectivity index (χ1) is 10.3. The third kappa shape index (κ3) is 3.10. The summed E-state index contributed by atoms with van der Waals surface area (Å²) in [6.45, 7) is 4.48. The maximum atomic E-state index is 13.0. The van der Waals surface area contributed by atoms with Crippen LogP contribution in [0.3, 0.4) is 0 Å². The molecule has 3 rings (SSSR count). The van der Waals surface area contributed by atoms with Gasteiger partial charge in [0.25, 0.3) is 0 Å². The Labute approximate surface area is 124 Å². The van der Waals surface area contributed by atoms with Crippen LogP contribution < -0.4 is 15.0 Å². The highest BCUT2D eigenvalue weighted by molar-refractivity contribution is 5.58. The van der Waals surface area contributed by atoms with Crippen LogP contribution in [0.2, 0.25) is 0 Å². The number of fused-ring (bicyclic) bond motifs is 1. The molecule has 2 aromatic carbocycles. The quantitative estimate of drug-likeness (QED) is 0.930. The van der Waals surface area contributed by atoms with Gasteiger partial charge in [-0.2, -0.15) is 0 Å². The molecule has 0 aliphatic carbocycles. The van der Waals surface area contributed by atoms with Crippen molar-refractivity contribution in [1.82, 2.24) is 0 Å². The summed E-state index contributed by atoms with van der Waals surface area (Å²) in [5.74, 6) is 0.684. The molecule has 0 radical (unpaired) electrons. The SMILES string of the molecule is CCN(CC1CNc2ccccc2O1)c1ccc(F)cc1. The van der Waals surface area contributed by atoms with Gasteiger partial charge in [0.1, 0.15) is 17.7 Å². The third-order valence-corrected chi connectivity index (χ3v) is 3.70.